The summed E-state index contributed by atoms with van der Waals surface area (Å²) in [6, 6.07) is 17.2. The van der Waals surface area contributed by atoms with Crippen LogP contribution >= 0.6 is 7.75 Å². The lowest BCUT2D eigenvalue weighted by Gasteiger charge is -2.33. The summed E-state index contributed by atoms with van der Waals surface area (Å²) in [5.41, 5.74) is -0.807. The molecule has 2 aromatic carbocycles. The average Bonchev–Trinajstić information content (AvgIpc) is 3.20. The number of hydrogen-bond acceptors (Lipinski definition) is 8. The van der Waals surface area contributed by atoms with Crippen LogP contribution in [0.15, 0.2) is 72.9 Å². The summed E-state index contributed by atoms with van der Waals surface area (Å²) < 4.78 is 52.4. The molecule has 2 aliphatic heterocycles. The maximum absolute atomic E-state index is 15.9. The Labute approximate surface area is 251 Å². The maximum Gasteiger partial charge on any atom is 0.459 e. The van der Waals surface area contributed by atoms with E-state index in [1.807, 2.05) is 30.3 Å². The SMILES string of the molecule is C[C@H](N[P@](=O)(OC[C@H]1O[C@@H](N2C=CC(=O)CC2=O)[C@](C)(F)[C@@H]1C)Oc1ccccc1)C(=O)OCCCCc1ccccc1. The number of hydrogen-bond donors (Lipinski definition) is 1. The predicted molar refractivity (Wildman–Crippen MR) is 157 cm³/mol. The first kappa shape index (κ1) is 32.5. The standard InChI is InChI=1S/C31H38FN2O8P/c1-22-27(41-30(31(22,3)32)34-18-17-25(35)20-28(34)36)21-40-43(38,42-26-15-8-5-9-16-26)33-23(2)29(37)39-19-11-10-14-24-12-6-4-7-13-24/h4-9,12-13,15-18,22-23,27,30H,10-11,14,19-21H2,1-3H3,(H,33,38)/t22-,23+,27-,30-,31-,43+/m1/s1. The number of allylic oxidation sites excluding steroid dienone is 1. The predicted octanol–water partition coefficient (Wildman–Crippen LogP) is 5.14. The summed E-state index contributed by atoms with van der Waals surface area (Å²) >= 11 is 0. The molecule has 0 aromatic heterocycles. The summed E-state index contributed by atoms with van der Waals surface area (Å²) in [6.07, 6.45) is 2.14. The van der Waals surface area contributed by atoms with E-state index in [1.165, 1.54) is 31.7 Å². The number of ketones is 1. The third-order valence-electron chi connectivity index (χ3n) is 7.55. The van der Waals surface area contributed by atoms with Crippen molar-refractivity contribution in [2.45, 2.75) is 70.5 Å². The molecule has 2 aromatic rings. The number of alkyl halides is 1. The molecule has 10 nitrogen and oxygen atoms in total. The van der Waals surface area contributed by atoms with Crippen molar-refractivity contribution in [1.29, 1.82) is 0 Å². The molecule has 1 saturated heterocycles. The van der Waals surface area contributed by atoms with Gasteiger partial charge in [-0.2, -0.15) is 5.09 Å². The van der Waals surface area contributed by atoms with Crippen molar-refractivity contribution in [2.24, 2.45) is 5.92 Å². The Morgan fingerprint density at radius 3 is 2.49 bits per heavy atom. The average molecular weight is 617 g/mol. The minimum Gasteiger partial charge on any atom is -0.465 e. The van der Waals surface area contributed by atoms with Crippen LogP contribution in [0, 0.1) is 5.92 Å². The molecule has 0 radical (unpaired) electrons. The first-order valence-corrected chi connectivity index (χ1v) is 15.9. The molecule has 1 fully saturated rings. The molecule has 6 atom stereocenters. The van der Waals surface area contributed by atoms with Crippen LogP contribution in [0.2, 0.25) is 0 Å². The molecule has 4 rings (SSSR count). The number of aryl methyl sites for hydroxylation is 1. The molecule has 1 amide bonds. The molecule has 0 spiro atoms. The minimum absolute atomic E-state index is 0.196. The fraction of sp³-hybridized carbons (Fsp3) is 0.452. The van der Waals surface area contributed by atoms with Crippen molar-refractivity contribution in [3.63, 3.8) is 0 Å². The van der Waals surface area contributed by atoms with Gasteiger partial charge in [0.2, 0.25) is 5.91 Å². The van der Waals surface area contributed by atoms with Gasteiger partial charge in [0, 0.05) is 12.1 Å². The number of unbranched alkanes of at least 4 members (excludes halogenated alkanes) is 1. The van der Waals surface area contributed by atoms with Gasteiger partial charge in [-0.25, -0.2) is 8.96 Å². The first-order chi connectivity index (χ1) is 20.5. The van der Waals surface area contributed by atoms with E-state index in [0.29, 0.717) is 6.42 Å². The molecular weight excluding hydrogens is 578 g/mol. The third-order valence-corrected chi connectivity index (χ3v) is 9.20. The third kappa shape index (κ3) is 8.60. The highest BCUT2D eigenvalue weighted by Gasteiger charge is 2.56. The van der Waals surface area contributed by atoms with Crippen molar-refractivity contribution < 1.29 is 41.9 Å². The van der Waals surface area contributed by atoms with Gasteiger partial charge in [-0.3, -0.25) is 23.8 Å². The van der Waals surface area contributed by atoms with Gasteiger partial charge in [0.05, 0.1) is 25.7 Å². The van der Waals surface area contributed by atoms with Gasteiger partial charge in [-0.1, -0.05) is 55.5 Å². The van der Waals surface area contributed by atoms with Crippen LogP contribution in [0.5, 0.6) is 5.75 Å². The van der Waals surface area contributed by atoms with Crippen LogP contribution in [0.1, 0.15) is 45.6 Å². The Morgan fingerprint density at radius 1 is 1.14 bits per heavy atom. The van der Waals surface area contributed by atoms with Crippen LogP contribution in [0.4, 0.5) is 4.39 Å². The summed E-state index contributed by atoms with van der Waals surface area (Å²) in [4.78, 5) is 37.8. The molecule has 43 heavy (non-hydrogen) atoms. The Kier molecular flexibility index (Phi) is 10.9. The van der Waals surface area contributed by atoms with E-state index < -0.39 is 49.6 Å². The summed E-state index contributed by atoms with van der Waals surface area (Å²) in [5.74, 6) is -2.16. The molecule has 0 unspecified atom stereocenters. The van der Waals surface area contributed by atoms with Crippen molar-refractivity contribution in [2.75, 3.05) is 13.2 Å². The highest BCUT2D eigenvalue weighted by Crippen LogP contribution is 2.48. The lowest BCUT2D eigenvalue weighted by atomic mass is 9.89. The Balaban J connectivity index is 1.36. The number of carbonyl (C=O) groups excluding carboxylic acids is 3. The van der Waals surface area contributed by atoms with E-state index in [1.54, 1.807) is 37.3 Å². The Bertz CT molecular complexity index is 1340. The smallest absolute Gasteiger partial charge is 0.459 e. The van der Waals surface area contributed by atoms with Crippen LogP contribution in [-0.2, 0) is 39.4 Å². The zero-order valence-electron chi connectivity index (χ0n) is 24.5. The normalized spacial score (nSPS) is 25.8. The van der Waals surface area contributed by atoms with Gasteiger partial charge >= 0.3 is 13.7 Å². The second-order valence-electron chi connectivity index (χ2n) is 10.9. The fourth-order valence-electron chi connectivity index (χ4n) is 4.83. The molecule has 0 aliphatic carbocycles. The molecule has 1 N–H and O–H groups in total. The van der Waals surface area contributed by atoms with Crippen molar-refractivity contribution in [3.8, 4) is 5.75 Å². The molecule has 0 bridgehead atoms. The quantitative estimate of drug-likeness (QED) is 0.133. The Hall–Kier alpha value is -3.37. The van der Waals surface area contributed by atoms with Crippen LogP contribution < -0.4 is 9.61 Å². The van der Waals surface area contributed by atoms with E-state index >= 15 is 4.39 Å². The van der Waals surface area contributed by atoms with Gasteiger partial charge < -0.3 is 14.0 Å². The summed E-state index contributed by atoms with van der Waals surface area (Å²) in [7, 11) is -4.22. The van der Waals surface area contributed by atoms with Crippen molar-refractivity contribution in [1.82, 2.24) is 9.99 Å². The van der Waals surface area contributed by atoms with Crippen molar-refractivity contribution in [3.05, 3.63) is 78.5 Å². The lowest BCUT2D eigenvalue weighted by Crippen LogP contribution is -2.49. The number of nitrogens with zero attached hydrogens (tertiary/aromatic N) is 1. The number of nitrogens with one attached hydrogen (secondary N) is 1. The van der Waals surface area contributed by atoms with Gasteiger partial charge in [0.1, 0.15) is 11.8 Å². The molecule has 0 saturated carbocycles. The number of rotatable bonds is 14. The van der Waals surface area contributed by atoms with E-state index in [-0.39, 0.29) is 31.2 Å². The molecule has 12 heteroatoms. The number of halogens is 1. The number of ether oxygens (including phenoxy) is 2. The number of carbonyl (C=O) groups is 3. The Morgan fingerprint density at radius 2 is 1.81 bits per heavy atom. The second-order valence-corrected chi connectivity index (χ2v) is 12.6. The minimum atomic E-state index is -4.22. The largest absolute Gasteiger partial charge is 0.465 e. The summed E-state index contributed by atoms with van der Waals surface area (Å²) in [6.45, 7) is 4.19. The van der Waals surface area contributed by atoms with E-state index in [0.717, 1.165) is 17.7 Å². The van der Waals surface area contributed by atoms with E-state index in [2.05, 4.69) is 5.09 Å². The van der Waals surface area contributed by atoms with Gasteiger partial charge in [-0.15, -0.1) is 0 Å². The second kappa shape index (κ2) is 14.4. The molecule has 2 heterocycles. The number of benzene rings is 2. The van der Waals surface area contributed by atoms with Gasteiger partial charge in [0.25, 0.3) is 0 Å². The highest BCUT2D eigenvalue weighted by molar-refractivity contribution is 7.52. The van der Waals surface area contributed by atoms with Crippen molar-refractivity contribution >= 4 is 25.4 Å². The van der Waals surface area contributed by atoms with Crippen LogP contribution in [-0.4, -0.2) is 59.8 Å². The van der Waals surface area contributed by atoms with E-state index in [4.69, 9.17) is 18.5 Å². The number of para-hydroxylation sites is 1. The lowest BCUT2D eigenvalue weighted by molar-refractivity contribution is -0.150. The molecular formula is C31H38FN2O8P. The van der Waals surface area contributed by atoms with E-state index in [9.17, 15) is 18.9 Å². The maximum atomic E-state index is 15.9. The summed E-state index contributed by atoms with van der Waals surface area (Å²) in [5, 5.41) is 2.63. The molecule has 2 aliphatic rings. The highest BCUT2D eigenvalue weighted by atomic mass is 31.2. The monoisotopic (exact) mass is 616 g/mol. The zero-order valence-corrected chi connectivity index (χ0v) is 25.4. The molecule has 232 valence electrons. The van der Waals surface area contributed by atoms with Crippen LogP contribution in [0.3, 0.4) is 0 Å². The zero-order chi connectivity index (χ0) is 31.0. The van der Waals surface area contributed by atoms with Gasteiger partial charge in [-0.05, 0) is 56.9 Å². The fourth-order valence-corrected chi connectivity index (χ4v) is 6.33. The first-order valence-electron chi connectivity index (χ1n) is 14.3. The number of esters is 1. The topological polar surface area (TPSA) is 120 Å². The van der Waals surface area contributed by atoms with Gasteiger partial charge in [0.15, 0.2) is 17.7 Å². The number of amides is 1. The van der Waals surface area contributed by atoms with Crippen LogP contribution in [0.25, 0.3) is 0 Å².